The summed E-state index contributed by atoms with van der Waals surface area (Å²) in [6, 6.07) is 6.24. The lowest BCUT2D eigenvalue weighted by Gasteiger charge is -2.34. The normalized spacial score (nSPS) is 31.4. The third-order valence-corrected chi connectivity index (χ3v) is 6.18. The van der Waals surface area contributed by atoms with Crippen LogP contribution in [-0.4, -0.2) is 39.7 Å². The number of nitrogens with zero attached hydrogens (tertiary/aromatic N) is 2. The van der Waals surface area contributed by atoms with Gasteiger partial charge in [0.2, 0.25) is 12.5 Å². The van der Waals surface area contributed by atoms with Crippen LogP contribution in [-0.2, 0) is 11.2 Å². The summed E-state index contributed by atoms with van der Waals surface area (Å²) >= 11 is 0. The molecule has 0 aromatic heterocycles. The van der Waals surface area contributed by atoms with Gasteiger partial charge in [0.05, 0.1) is 0 Å². The van der Waals surface area contributed by atoms with E-state index in [1.54, 1.807) is 4.90 Å². The van der Waals surface area contributed by atoms with E-state index in [9.17, 15) is 20.0 Å². The lowest BCUT2D eigenvalue weighted by Crippen LogP contribution is -2.48. The highest BCUT2D eigenvalue weighted by molar-refractivity contribution is 5.80. The summed E-state index contributed by atoms with van der Waals surface area (Å²) in [6.07, 6.45) is 1.32. The van der Waals surface area contributed by atoms with Gasteiger partial charge in [0.1, 0.15) is 5.72 Å². The first-order valence-corrected chi connectivity index (χ1v) is 8.93. The quantitative estimate of drug-likeness (QED) is 0.655. The Morgan fingerprint density at radius 2 is 2.08 bits per heavy atom. The first-order chi connectivity index (χ1) is 11.7. The van der Waals surface area contributed by atoms with Gasteiger partial charge in [-0.05, 0) is 49.3 Å². The molecular formula is C19H26N2O4. The van der Waals surface area contributed by atoms with Crippen molar-refractivity contribution in [3.05, 3.63) is 45.0 Å². The SMILES string of the molecule is Cc1ccc(CCN2C(=O)CC3[C@H](C[N+](=O)[O-])[C@@H](C)CC32O)cc1C. The van der Waals surface area contributed by atoms with Crippen LogP contribution in [0.25, 0.3) is 0 Å². The number of hydrogen-bond donors (Lipinski definition) is 1. The minimum atomic E-state index is -1.23. The molecule has 0 radical (unpaired) electrons. The van der Waals surface area contributed by atoms with E-state index in [1.807, 2.05) is 6.92 Å². The van der Waals surface area contributed by atoms with Gasteiger partial charge >= 0.3 is 0 Å². The predicted octanol–water partition coefficient (Wildman–Crippen LogP) is 2.32. The van der Waals surface area contributed by atoms with Crippen LogP contribution >= 0.6 is 0 Å². The minimum Gasteiger partial charge on any atom is -0.370 e. The fraction of sp³-hybridized carbons (Fsp3) is 0.632. The van der Waals surface area contributed by atoms with Crippen LogP contribution in [0.3, 0.4) is 0 Å². The first-order valence-electron chi connectivity index (χ1n) is 8.93. The number of nitro groups is 1. The molecule has 6 heteroatoms. The smallest absolute Gasteiger partial charge is 0.225 e. The highest BCUT2D eigenvalue weighted by Gasteiger charge is 2.61. The van der Waals surface area contributed by atoms with Crippen molar-refractivity contribution in [3.8, 4) is 0 Å². The Labute approximate surface area is 148 Å². The number of amides is 1. The monoisotopic (exact) mass is 346 g/mol. The molecule has 1 saturated heterocycles. The van der Waals surface area contributed by atoms with Gasteiger partial charge in [0.15, 0.2) is 0 Å². The lowest BCUT2D eigenvalue weighted by molar-refractivity contribution is -0.491. The van der Waals surface area contributed by atoms with Crippen LogP contribution in [0.1, 0.15) is 36.5 Å². The maximum absolute atomic E-state index is 12.5. The van der Waals surface area contributed by atoms with Crippen LogP contribution in [0.4, 0.5) is 0 Å². The summed E-state index contributed by atoms with van der Waals surface area (Å²) < 4.78 is 0. The number of carbonyl (C=O) groups excluding carboxylic acids is 1. The average Bonchev–Trinajstić information content (AvgIpc) is 2.89. The van der Waals surface area contributed by atoms with Gasteiger partial charge in [-0.2, -0.15) is 0 Å². The van der Waals surface area contributed by atoms with Crippen LogP contribution < -0.4 is 0 Å². The molecule has 2 aliphatic rings. The van der Waals surface area contributed by atoms with Crippen molar-refractivity contribution in [3.63, 3.8) is 0 Å². The van der Waals surface area contributed by atoms with Gasteiger partial charge in [0.25, 0.3) is 0 Å². The zero-order valence-corrected chi connectivity index (χ0v) is 15.1. The Bertz CT molecular complexity index is 705. The van der Waals surface area contributed by atoms with E-state index in [4.69, 9.17) is 0 Å². The topological polar surface area (TPSA) is 83.7 Å². The van der Waals surface area contributed by atoms with Crippen LogP contribution in [0.15, 0.2) is 18.2 Å². The van der Waals surface area contributed by atoms with Crippen molar-refractivity contribution < 1.29 is 14.8 Å². The van der Waals surface area contributed by atoms with Crippen molar-refractivity contribution in [2.24, 2.45) is 17.8 Å². The van der Waals surface area contributed by atoms with Gasteiger partial charge in [-0.3, -0.25) is 14.9 Å². The highest BCUT2D eigenvalue weighted by Crippen LogP contribution is 2.52. The minimum absolute atomic E-state index is 0.0395. The van der Waals surface area contributed by atoms with Gasteiger partial charge < -0.3 is 10.0 Å². The van der Waals surface area contributed by atoms with E-state index in [1.165, 1.54) is 11.1 Å². The Morgan fingerprint density at radius 3 is 2.72 bits per heavy atom. The molecule has 1 amide bonds. The molecular weight excluding hydrogens is 320 g/mol. The van der Waals surface area contributed by atoms with Crippen LogP contribution in [0.2, 0.25) is 0 Å². The maximum atomic E-state index is 12.5. The van der Waals surface area contributed by atoms with Crippen molar-refractivity contribution in [2.75, 3.05) is 13.1 Å². The second kappa shape index (κ2) is 6.41. The predicted molar refractivity (Wildman–Crippen MR) is 93.5 cm³/mol. The molecule has 1 aromatic rings. The standard InChI is InChI=1S/C19H26N2O4/c1-12-4-5-15(8-13(12)2)6-7-20-18(22)9-17-16(11-21(24)25)14(3)10-19(17,20)23/h4-5,8,14,16-17,23H,6-7,9-11H2,1-3H3/t14-,16+,17?,19?/m0/s1. The summed E-state index contributed by atoms with van der Waals surface area (Å²) in [4.78, 5) is 24.7. The average molecular weight is 346 g/mol. The molecule has 1 N–H and O–H groups in total. The van der Waals surface area contributed by atoms with Crippen LogP contribution in [0, 0.1) is 41.7 Å². The molecule has 6 nitrogen and oxygen atoms in total. The molecule has 25 heavy (non-hydrogen) atoms. The van der Waals surface area contributed by atoms with Crippen molar-refractivity contribution in [1.29, 1.82) is 0 Å². The Balaban J connectivity index is 1.75. The number of fused-ring (bicyclic) bond motifs is 1. The number of aliphatic hydroxyl groups is 1. The molecule has 1 aliphatic heterocycles. The van der Waals surface area contributed by atoms with Crippen molar-refractivity contribution >= 4 is 5.91 Å². The van der Waals surface area contributed by atoms with E-state index < -0.39 is 5.72 Å². The van der Waals surface area contributed by atoms with E-state index in [0.29, 0.717) is 19.4 Å². The molecule has 0 bridgehead atoms. The summed E-state index contributed by atoms with van der Waals surface area (Å²) in [7, 11) is 0. The summed E-state index contributed by atoms with van der Waals surface area (Å²) in [6.45, 7) is 6.34. The molecule has 1 aromatic carbocycles. The molecule has 136 valence electrons. The molecule has 3 rings (SSSR count). The maximum Gasteiger partial charge on any atom is 0.225 e. The fourth-order valence-corrected chi connectivity index (χ4v) is 4.65. The summed E-state index contributed by atoms with van der Waals surface area (Å²) in [5.74, 6) is -0.620. The number of likely N-dealkylation sites (tertiary alicyclic amines) is 1. The third-order valence-electron chi connectivity index (χ3n) is 6.18. The molecule has 1 saturated carbocycles. The largest absolute Gasteiger partial charge is 0.370 e. The van der Waals surface area contributed by atoms with Crippen molar-refractivity contribution in [1.82, 2.24) is 4.90 Å². The summed E-state index contributed by atoms with van der Waals surface area (Å²) in [5.41, 5.74) is 2.35. The molecule has 2 unspecified atom stereocenters. The number of carbonyl (C=O) groups is 1. The van der Waals surface area contributed by atoms with E-state index >= 15 is 0 Å². The van der Waals surface area contributed by atoms with Gasteiger partial charge in [-0.1, -0.05) is 25.1 Å². The number of aryl methyl sites for hydroxylation is 2. The second-order valence-corrected chi connectivity index (χ2v) is 7.76. The highest BCUT2D eigenvalue weighted by atomic mass is 16.6. The Hall–Kier alpha value is -1.95. The Morgan fingerprint density at radius 1 is 1.36 bits per heavy atom. The number of hydrogen-bond acceptors (Lipinski definition) is 4. The number of rotatable bonds is 5. The Kier molecular flexibility index (Phi) is 4.58. The zero-order chi connectivity index (χ0) is 18.4. The fourth-order valence-electron chi connectivity index (χ4n) is 4.65. The zero-order valence-electron chi connectivity index (χ0n) is 15.1. The first kappa shape index (κ1) is 17.9. The van der Waals surface area contributed by atoms with Gasteiger partial charge in [0, 0.05) is 29.7 Å². The van der Waals surface area contributed by atoms with E-state index in [0.717, 1.165) is 5.56 Å². The molecule has 2 fully saturated rings. The van der Waals surface area contributed by atoms with Crippen LogP contribution in [0.5, 0.6) is 0 Å². The molecule has 1 aliphatic carbocycles. The number of benzene rings is 1. The molecule has 1 heterocycles. The van der Waals surface area contributed by atoms with E-state index in [-0.39, 0.29) is 41.5 Å². The lowest BCUT2D eigenvalue weighted by atomic mass is 9.88. The van der Waals surface area contributed by atoms with Gasteiger partial charge in [-0.15, -0.1) is 0 Å². The van der Waals surface area contributed by atoms with Gasteiger partial charge in [-0.25, -0.2) is 0 Å². The third kappa shape index (κ3) is 3.15. The molecule has 4 atom stereocenters. The molecule has 0 spiro atoms. The summed E-state index contributed by atoms with van der Waals surface area (Å²) in [5, 5.41) is 22.1. The second-order valence-electron chi connectivity index (χ2n) is 7.76. The van der Waals surface area contributed by atoms with E-state index in [2.05, 4.69) is 32.0 Å². The van der Waals surface area contributed by atoms with Crippen molar-refractivity contribution in [2.45, 2.75) is 45.8 Å².